The predicted octanol–water partition coefficient (Wildman–Crippen LogP) is 7.53. The molecule has 34 heavy (non-hydrogen) atoms. The Morgan fingerprint density at radius 1 is 0.912 bits per heavy atom. The molecule has 0 spiro atoms. The first kappa shape index (κ1) is 24.6. The monoisotopic (exact) mass is 468 g/mol. The van der Waals surface area contributed by atoms with Crippen LogP contribution in [0.3, 0.4) is 0 Å². The molecule has 0 saturated heterocycles. The smallest absolute Gasteiger partial charge is 0.302 e. The van der Waals surface area contributed by atoms with Gasteiger partial charge in [0.15, 0.2) is 0 Å². The average molecular weight is 469 g/mol. The summed E-state index contributed by atoms with van der Waals surface area (Å²) in [5, 5.41) is 0. The molecule has 0 radical (unpaired) electrons. The number of fused-ring (bicyclic) bond motifs is 7. The molecule has 5 aliphatic carbocycles. The van der Waals surface area contributed by atoms with E-state index in [-0.39, 0.29) is 22.9 Å². The third kappa shape index (κ3) is 3.20. The van der Waals surface area contributed by atoms with Crippen LogP contribution in [0, 0.1) is 51.2 Å². The van der Waals surface area contributed by atoms with Crippen LogP contribution in [0.4, 0.5) is 0 Å². The molecule has 5 aliphatic rings. The van der Waals surface area contributed by atoms with Gasteiger partial charge in [0.05, 0.1) is 0 Å². The van der Waals surface area contributed by atoms with Crippen LogP contribution in [-0.2, 0) is 14.3 Å². The summed E-state index contributed by atoms with van der Waals surface area (Å²) in [6.45, 7) is 16.2. The van der Waals surface area contributed by atoms with Gasteiger partial charge in [-0.2, -0.15) is 0 Å². The van der Waals surface area contributed by atoms with Crippen LogP contribution < -0.4 is 0 Å². The summed E-state index contributed by atoms with van der Waals surface area (Å²) in [6, 6.07) is 0. The van der Waals surface area contributed by atoms with Crippen molar-refractivity contribution in [3.63, 3.8) is 0 Å². The second-order valence-electron chi connectivity index (χ2n) is 14.3. The Balaban J connectivity index is 1.49. The predicted molar refractivity (Wildman–Crippen MR) is 136 cm³/mol. The molecule has 2 unspecified atom stereocenters. The van der Waals surface area contributed by atoms with Crippen LogP contribution in [0.5, 0.6) is 0 Å². The van der Waals surface area contributed by atoms with Crippen molar-refractivity contribution in [3.8, 4) is 0 Å². The van der Waals surface area contributed by atoms with Gasteiger partial charge in [0.1, 0.15) is 12.4 Å². The zero-order chi connectivity index (χ0) is 24.7. The van der Waals surface area contributed by atoms with E-state index >= 15 is 0 Å². The molecule has 0 amide bonds. The molecule has 0 aliphatic heterocycles. The van der Waals surface area contributed by atoms with E-state index < -0.39 is 0 Å². The fraction of sp³-hybridized carbons (Fsp3) is 0.871. The van der Waals surface area contributed by atoms with Crippen LogP contribution in [0.15, 0.2) is 11.1 Å². The van der Waals surface area contributed by atoms with E-state index in [2.05, 4.69) is 41.5 Å². The van der Waals surface area contributed by atoms with Gasteiger partial charge in [-0.05, 0) is 105 Å². The maximum atomic E-state index is 12.5. The zero-order valence-corrected chi connectivity index (χ0v) is 22.8. The molecule has 4 fully saturated rings. The summed E-state index contributed by atoms with van der Waals surface area (Å²) in [6.07, 6.45) is 13.2. The van der Waals surface area contributed by atoms with E-state index in [0.717, 1.165) is 31.6 Å². The number of hydrogen-bond donors (Lipinski definition) is 0. The largest absolute Gasteiger partial charge is 0.462 e. The van der Waals surface area contributed by atoms with Crippen molar-refractivity contribution in [2.45, 2.75) is 119 Å². The van der Waals surface area contributed by atoms with Crippen molar-refractivity contribution in [3.05, 3.63) is 11.1 Å². The van der Waals surface area contributed by atoms with Crippen LogP contribution >= 0.6 is 0 Å². The van der Waals surface area contributed by atoms with E-state index in [1.54, 1.807) is 18.1 Å². The molecule has 0 N–H and O–H groups in total. The van der Waals surface area contributed by atoms with Gasteiger partial charge >= 0.3 is 5.97 Å². The number of esters is 1. The lowest BCUT2D eigenvalue weighted by Crippen LogP contribution is -2.63. The third-order valence-electron chi connectivity index (χ3n) is 12.4. The number of rotatable bonds is 3. The van der Waals surface area contributed by atoms with Crippen molar-refractivity contribution >= 4 is 12.3 Å². The molecule has 5 rings (SSSR count). The topological polar surface area (TPSA) is 43.4 Å². The second-order valence-corrected chi connectivity index (χ2v) is 14.3. The summed E-state index contributed by atoms with van der Waals surface area (Å²) in [5.41, 5.74) is 3.78. The molecule has 190 valence electrons. The molecule has 8 atom stereocenters. The molecule has 0 heterocycles. The first-order valence-electron chi connectivity index (χ1n) is 14.3. The van der Waals surface area contributed by atoms with E-state index in [9.17, 15) is 9.59 Å². The Hall–Kier alpha value is -1.12. The SMILES string of the molecule is CC(=O)O[C@H]1CC[C@@]2(C)C(CC[C@@]3(C)C4CC[C@@]5(C=O)CCC(C(C)C)=C5[C@H]4CC[C@@H]32)C1(C)C. The Labute approximate surface area is 207 Å². The first-order valence-corrected chi connectivity index (χ1v) is 14.3. The number of allylic oxidation sites excluding steroid dienone is 2. The van der Waals surface area contributed by atoms with Gasteiger partial charge in [-0.15, -0.1) is 0 Å². The summed E-state index contributed by atoms with van der Waals surface area (Å²) in [7, 11) is 0. The van der Waals surface area contributed by atoms with Crippen LogP contribution in [0.25, 0.3) is 0 Å². The molecule has 0 aromatic rings. The van der Waals surface area contributed by atoms with E-state index in [4.69, 9.17) is 4.74 Å². The Kier molecular flexibility index (Phi) is 5.74. The fourth-order valence-corrected chi connectivity index (χ4v) is 11.0. The Bertz CT molecular complexity index is 898. The van der Waals surface area contributed by atoms with Gasteiger partial charge in [0.2, 0.25) is 0 Å². The van der Waals surface area contributed by atoms with Crippen molar-refractivity contribution in [2.24, 2.45) is 51.2 Å². The summed E-state index contributed by atoms with van der Waals surface area (Å²) in [4.78, 5) is 24.4. The van der Waals surface area contributed by atoms with Gasteiger partial charge in [-0.1, -0.05) is 52.7 Å². The van der Waals surface area contributed by atoms with Crippen LogP contribution in [0.1, 0.15) is 113 Å². The number of ether oxygens (including phenoxy) is 1. The minimum atomic E-state index is -0.144. The quantitative estimate of drug-likeness (QED) is 0.244. The number of aldehydes is 1. The average Bonchev–Trinajstić information content (AvgIpc) is 3.16. The third-order valence-corrected chi connectivity index (χ3v) is 12.4. The maximum absolute atomic E-state index is 12.5. The Morgan fingerprint density at radius 2 is 1.62 bits per heavy atom. The lowest BCUT2D eigenvalue weighted by atomic mass is 9.36. The second kappa shape index (κ2) is 7.94. The van der Waals surface area contributed by atoms with Crippen LogP contribution in [0.2, 0.25) is 0 Å². The molecule has 0 aromatic heterocycles. The van der Waals surface area contributed by atoms with Gasteiger partial charge in [0.25, 0.3) is 0 Å². The minimum Gasteiger partial charge on any atom is -0.462 e. The van der Waals surface area contributed by atoms with Gasteiger partial charge < -0.3 is 9.53 Å². The standard InChI is InChI=1S/C31H48O3/c1-19(2)21-10-16-31(18-32)17-11-23-22(27(21)31)8-9-25-29(23,6)14-12-24-28(4,5)26(34-20(3)33)13-15-30(24,25)7/h18-19,22-26H,8-17H2,1-7H3/t22-,23?,24?,25-,26-,29-,30-,31+/m0/s1. The summed E-state index contributed by atoms with van der Waals surface area (Å²) < 4.78 is 5.87. The Morgan fingerprint density at radius 3 is 2.26 bits per heavy atom. The normalized spacial score (nSPS) is 47.4. The number of hydrogen-bond acceptors (Lipinski definition) is 3. The summed E-state index contributed by atoms with van der Waals surface area (Å²) in [5.74, 6) is 3.09. The van der Waals surface area contributed by atoms with Gasteiger partial charge in [-0.3, -0.25) is 4.79 Å². The molecular weight excluding hydrogens is 420 g/mol. The fourth-order valence-electron chi connectivity index (χ4n) is 11.0. The minimum absolute atomic E-state index is 0.0227. The van der Waals surface area contributed by atoms with Crippen LogP contribution in [-0.4, -0.2) is 18.4 Å². The molecular formula is C31H48O3. The lowest BCUT2D eigenvalue weighted by molar-refractivity contribution is -0.212. The highest BCUT2D eigenvalue weighted by atomic mass is 16.5. The van der Waals surface area contributed by atoms with Crippen molar-refractivity contribution in [1.29, 1.82) is 0 Å². The van der Waals surface area contributed by atoms with Crippen molar-refractivity contribution in [2.75, 3.05) is 0 Å². The maximum Gasteiger partial charge on any atom is 0.302 e. The highest BCUT2D eigenvalue weighted by Crippen LogP contribution is 2.72. The zero-order valence-electron chi connectivity index (χ0n) is 22.8. The van der Waals surface area contributed by atoms with Gasteiger partial charge in [0, 0.05) is 17.8 Å². The molecule has 0 aromatic carbocycles. The highest BCUT2D eigenvalue weighted by molar-refractivity contribution is 5.69. The first-order chi connectivity index (χ1) is 15.9. The molecule has 3 heteroatoms. The van der Waals surface area contributed by atoms with Gasteiger partial charge in [-0.25, -0.2) is 0 Å². The van der Waals surface area contributed by atoms with E-state index in [1.165, 1.54) is 44.8 Å². The van der Waals surface area contributed by atoms with Crippen molar-refractivity contribution in [1.82, 2.24) is 0 Å². The molecule has 4 saturated carbocycles. The van der Waals surface area contributed by atoms with E-state index in [1.807, 2.05) is 0 Å². The molecule has 3 nitrogen and oxygen atoms in total. The number of carbonyl (C=O) groups excluding carboxylic acids is 2. The number of carbonyl (C=O) groups is 2. The van der Waals surface area contributed by atoms with Crippen molar-refractivity contribution < 1.29 is 14.3 Å². The lowest BCUT2D eigenvalue weighted by Gasteiger charge is -2.68. The summed E-state index contributed by atoms with van der Waals surface area (Å²) >= 11 is 0. The van der Waals surface area contributed by atoms with E-state index in [0.29, 0.717) is 34.5 Å². The molecule has 0 bridgehead atoms. The highest BCUT2D eigenvalue weighted by Gasteiger charge is 2.66.